The molecule has 0 aromatic heterocycles. The largest absolute Gasteiger partial charge is 0.316 e. The Morgan fingerprint density at radius 2 is 2.25 bits per heavy atom. The molecule has 0 radical (unpaired) electrons. The molecule has 0 spiro atoms. The molecule has 0 saturated heterocycles. The van der Waals surface area contributed by atoms with Crippen LogP contribution < -0.4 is 5.48 Å². The zero-order chi connectivity index (χ0) is 8.97. The van der Waals surface area contributed by atoms with Crippen molar-refractivity contribution in [2.45, 2.75) is 18.4 Å². The lowest BCUT2D eigenvalue weighted by molar-refractivity contribution is 0.161. The van der Waals surface area contributed by atoms with E-state index in [1.54, 1.807) is 11.8 Å². The topological polar surface area (TPSA) is 32.3 Å². The van der Waals surface area contributed by atoms with E-state index in [2.05, 4.69) is 30.8 Å². The lowest BCUT2D eigenvalue weighted by atomic mass is 10.1. The summed E-state index contributed by atoms with van der Waals surface area (Å²) in [7, 11) is 0. The van der Waals surface area contributed by atoms with Crippen molar-refractivity contribution >= 4 is 11.8 Å². The first-order chi connectivity index (χ1) is 5.77. The molecular formula is C9H13NOS. The first kappa shape index (κ1) is 9.58. The minimum atomic E-state index is 0.508. The van der Waals surface area contributed by atoms with E-state index in [4.69, 9.17) is 5.21 Å². The van der Waals surface area contributed by atoms with Crippen LogP contribution in [-0.4, -0.2) is 11.5 Å². The van der Waals surface area contributed by atoms with Crippen LogP contribution in [0, 0.1) is 6.92 Å². The van der Waals surface area contributed by atoms with Crippen molar-refractivity contribution in [1.29, 1.82) is 0 Å². The molecule has 0 saturated carbocycles. The van der Waals surface area contributed by atoms with Gasteiger partial charge in [-0.2, -0.15) is 0 Å². The van der Waals surface area contributed by atoms with Crippen molar-refractivity contribution in [2.24, 2.45) is 0 Å². The predicted octanol–water partition coefficient (Wildman–Crippen LogP) is 2.20. The second-order valence-electron chi connectivity index (χ2n) is 2.64. The normalized spacial score (nSPS) is 10.2. The van der Waals surface area contributed by atoms with Crippen molar-refractivity contribution in [3.05, 3.63) is 29.3 Å². The second kappa shape index (κ2) is 4.50. The number of rotatable bonds is 3. The zero-order valence-corrected chi connectivity index (χ0v) is 8.11. The van der Waals surface area contributed by atoms with Gasteiger partial charge in [0.05, 0.1) is 0 Å². The summed E-state index contributed by atoms with van der Waals surface area (Å²) >= 11 is 1.73. The van der Waals surface area contributed by atoms with E-state index in [1.807, 2.05) is 6.07 Å². The Morgan fingerprint density at radius 1 is 1.50 bits per heavy atom. The molecule has 0 heterocycles. The molecule has 2 N–H and O–H groups in total. The highest BCUT2D eigenvalue weighted by molar-refractivity contribution is 7.98. The number of hydrogen-bond acceptors (Lipinski definition) is 3. The predicted molar refractivity (Wildman–Crippen MR) is 51.6 cm³/mol. The standard InChI is InChI=1S/C9H13NOS/c1-7-3-4-8(6-10-11)5-9(7)12-2/h3-5,10-11H,6H2,1-2H3. The molecule has 0 amide bonds. The second-order valence-corrected chi connectivity index (χ2v) is 3.49. The van der Waals surface area contributed by atoms with Gasteiger partial charge in [-0.15, -0.1) is 11.8 Å². The highest BCUT2D eigenvalue weighted by Gasteiger charge is 1.97. The molecule has 1 aromatic rings. The lowest BCUT2D eigenvalue weighted by Crippen LogP contribution is -2.05. The van der Waals surface area contributed by atoms with Gasteiger partial charge in [0.25, 0.3) is 0 Å². The SMILES string of the molecule is CSc1cc(CNO)ccc1C. The minimum absolute atomic E-state index is 0.508. The third-order valence-electron chi connectivity index (χ3n) is 1.76. The Labute approximate surface area is 76.9 Å². The van der Waals surface area contributed by atoms with E-state index in [-0.39, 0.29) is 0 Å². The van der Waals surface area contributed by atoms with Gasteiger partial charge >= 0.3 is 0 Å². The van der Waals surface area contributed by atoms with E-state index < -0.39 is 0 Å². The number of thioether (sulfide) groups is 1. The molecule has 0 aliphatic carbocycles. The maximum Gasteiger partial charge on any atom is 0.0458 e. The van der Waals surface area contributed by atoms with Crippen LogP contribution in [0.4, 0.5) is 0 Å². The summed E-state index contributed by atoms with van der Waals surface area (Å²) in [5, 5.41) is 8.50. The van der Waals surface area contributed by atoms with Crippen molar-refractivity contribution in [1.82, 2.24) is 5.48 Å². The molecule has 0 unspecified atom stereocenters. The van der Waals surface area contributed by atoms with Gasteiger partial charge in [-0.1, -0.05) is 12.1 Å². The molecule has 0 aliphatic heterocycles. The van der Waals surface area contributed by atoms with Crippen LogP contribution in [0.5, 0.6) is 0 Å². The summed E-state index contributed by atoms with van der Waals surface area (Å²) in [6, 6.07) is 6.17. The Morgan fingerprint density at radius 3 is 2.83 bits per heavy atom. The Hall–Kier alpha value is -0.510. The highest BCUT2D eigenvalue weighted by atomic mass is 32.2. The molecule has 0 atom stereocenters. The van der Waals surface area contributed by atoms with Crippen LogP contribution >= 0.6 is 11.8 Å². The van der Waals surface area contributed by atoms with Crippen molar-refractivity contribution < 1.29 is 5.21 Å². The maximum atomic E-state index is 8.50. The van der Waals surface area contributed by atoms with Gasteiger partial charge in [0.15, 0.2) is 0 Å². The van der Waals surface area contributed by atoms with E-state index in [1.165, 1.54) is 10.5 Å². The number of benzene rings is 1. The first-order valence-corrected chi connectivity index (χ1v) is 5.01. The van der Waals surface area contributed by atoms with Gasteiger partial charge in [0.2, 0.25) is 0 Å². The Kier molecular flexibility index (Phi) is 3.59. The molecule has 3 heteroatoms. The average Bonchev–Trinajstić information content (AvgIpc) is 2.09. The van der Waals surface area contributed by atoms with Crippen LogP contribution in [0.1, 0.15) is 11.1 Å². The number of hydrogen-bond donors (Lipinski definition) is 2. The lowest BCUT2D eigenvalue weighted by Gasteiger charge is -2.05. The van der Waals surface area contributed by atoms with Crippen LogP contribution in [0.15, 0.2) is 23.1 Å². The van der Waals surface area contributed by atoms with E-state index in [9.17, 15) is 0 Å². The van der Waals surface area contributed by atoms with Gasteiger partial charge in [-0.05, 0) is 30.4 Å². The summed E-state index contributed by atoms with van der Waals surface area (Å²) in [4.78, 5) is 1.27. The quantitative estimate of drug-likeness (QED) is 0.556. The minimum Gasteiger partial charge on any atom is -0.316 e. The number of aryl methyl sites for hydroxylation is 1. The fourth-order valence-electron chi connectivity index (χ4n) is 1.07. The highest BCUT2D eigenvalue weighted by Crippen LogP contribution is 2.20. The Bertz CT molecular complexity index is 263. The van der Waals surface area contributed by atoms with Gasteiger partial charge in [-0.25, -0.2) is 5.48 Å². The molecular weight excluding hydrogens is 170 g/mol. The zero-order valence-electron chi connectivity index (χ0n) is 7.29. The summed E-state index contributed by atoms with van der Waals surface area (Å²) < 4.78 is 0. The van der Waals surface area contributed by atoms with Gasteiger partial charge in [0, 0.05) is 11.4 Å². The third-order valence-corrected chi connectivity index (χ3v) is 2.64. The van der Waals surface area contributed by atoms with Gasteiger partial charge in [0.1, 0.15) is 0 Å². The van der Waals surface area contributed by atoms with Gasteiger partial charge in [-0.3, -0.25) is 0 Å². The fourth-order valence-corrected chi connectivity index (χ4v) is 1.72. The van der Waals surface area contributed by atoms with Crippen molar-refractivity contribution in [2.75, 3.05) is 6.26 Å². The third kappa shape index (κ3) is 2.24. The van der Waals surface area contributed by atoms with Crippen molar-refractivity contribution in [3.8, 4) is 0 Å². The van der Waals surface area contributed by atoms with E-state index >= 15 is 0 Å². The maximum absolute atomic E-state index is 8.50. The fraction of sp³-hybridized carbons (Fsp3) is 0.333. The molecule has 2 nitrogen and oxygen atoms in total. The number of hydroxylamine groups is 1. The van der Waals surface area contributed by atoms with Crippen LogP contribution in [0.3, 0.4) is 0 Å². The summed E-state index contributed by atoms with van der Waals surface area (Å²) in [5.41, 5.74) is 4.53. The summed E-state index contributed by atoms with van der Waals surface area (Å²) in [6.45, 7) is 2.59. The molecule has 0 aliphatic rings. The molecule has 0 bridgehead atoms. The number of nitrogens with one attached hydrogen (secondary N) is 1. The van der Waals surface area contributed by atoms with Crippen molar-refractivity contribution in [3.63, 3.8) is 0 Å². The van der Waals surface area contributed by atoms with Crippen LogP contribution in [0.2, 0.25) is 0 Å². The molecule has 0 fully saturated rings. The molecule has 1 rings (SSSR count). The van der Waals surface area contributed by atoms with E-state index in [0.717, 1.165) is 5.56 Å². The summed E-state index contributed by atoms with van der Waals surface area (Å²) in [5.74, 6) is 0. The van der Waals surface area contributed by atoms with Gasteiger partial charge < -0.3 is 5.21 Å². The average molecular weight is 183 g/mol. The first-order valence-electron chi connectivity index (χ1n) is 3.78. The molecule has 66 valence electrons. The Balaban J connectivity index is 2.89. The van der Waals surface area contributed by atoms with Crippen LogP contribution in [-0.2, 0) is 6.54 Å². The smallest absolute Gasteiger partial charge is 0.0458 e. The molecule has 1 aromatic carbocycles. The van der Waals surface area contributed by atoms with E-state index in [0.29, 0.717) is 6.54 Å². The monoisotopic (exact) mass is 183 g/mol. The van der Waals surface area contributed by atoms with Crippen LogP contribution in [0.25, 0.3) is 0 Å². The summed E-state index contributed by atoms with van der Waals surface area (Å²) in [6.07, 6.45) is 2.05. The molecule has 12 heavy (non-hydrogen) atoms.